The highest BCUT2D eigenvalue weighted by Crippen LogP contribution is 2.23. The summed E-state index contributed by atoms with van der Waals surface area (Å²) in [6.45, 7) is 5.86. The summed E-state index contributed by atoms with van der Waals surface area (Å²) >= 11 is 0. The smallest absolute Gasteiger partial charge is 0.126 e. The number of aryl methyl sites for hydroxylation is 1. The van der Waals surface area contributed by atoms with Gasteiger partial charge in [-0.1, -0.05) is 26.0 Å². The van der Waals surface area contributed by atoms with Crippen LogP contribution in [0.2, 0.25) is 0 Å². The lowest BCUT2D eigenvalue weighted by atomic mass is 9.93. The first-order valence-electron chi connectivity index (χ1n) is 5.51. The van der Waals surface area contributed by atoms with E-state index in [1.165, 1.54) is 6.07 Å². The van der Waals surface area contributed by atoms with E-state index in [4.69, 9.17) is 10.5 Å². The Morgan fingerprint density at radius 1 is 1.31 bits per heavy atom. The number of benzene rings is 1. The van der Waals surface area contributed by atoms with E-state index in [2.05, 4.69) is 13.8 Å². The molecule has 0 aliphatic rings. The maximum atomic E-state index is 13.1. The van der Waals surface area contributed by atoms with E-state index in [-0.39, 0.29) is 18.0 Å². The lowest BCUT2D eigenvalue weighted by Gasteiger charge is -2.26. The topological polar surface area (TPSA) is 35.2 Å². The summed E-state index contributed by atoms with van der Waals surface area (Å²) in [6.07, 6.45) is -0.0511. The first kappa shape index (κ1) is 13.1. The molecule has 1 aromatic rings. The van der Waals surface area contributed by atoms with Gasteiger partial charge in [-0.2, -0.15) is 0 Å². The monoisotopic (exact) mass is 225 g/mol. The average Bonchev–Trinajstić information content (AvgIpc) is 2.22. The molecule has 0 saturated carbocycles. The molecule has 0 saturated heterocycles. The van der Waals surface area contributed by atoms with Crippen LogP contribution in [0, 0.1) is 18.7 Å². The highest BCUT2D eigenvalue weighted by molar-refractivity contribution is 5.27. The number of ether oxygens (including phenoxy) is 1. The Kier molecular flexibility index (Phi) is 4.44. The van der Waals surface area contributed by atoms with Gasteiger partial charge in [0, 0.05) is 7.11 Å². The van der Waals surface area contributed by atoms with E-state index in [1.807, 2.05) is 0 Å². The molecule has 16 heavy (non-hydrogen) atoms. The molecule has 2 atom stereocenters. The molecule has 2 N–H and O–H groups in total. The number of halogens is 1. The fourth-order valence-corrected chi connectivity index (χ4v) is 1.90. The zero-order valence-electron chi connectivity index (χ0n) is 10.3. The molecule has 90 valence electrons. The van der Waals surface area contributed by atoms with Gasteiger partial charge in [0.25, 0.3) is 0 Å². The van der Waals surface area contributed by atoms with Gasteiger partial charge in [0.15, 0.2) is 0 Å². The molecule has 1 aromatic carbocycles. The second-order valence-electron chi connectivity index (χ2n) is 4.48. The van der Waals surface area contributed by atoms with Gasteiger partial charge in [-0.05, 0) is 30.0 Å². The summed E-state index contributed by atoms with van der Waals surface area (Å²) in [7, 11) is 1.65. The molecule has 0 bridgehead atoms. The molecule has 1 rings (SSSR count). The number of nitrogens with two attached hydrogens (primary N) is 1. The quantitative estimate of drug-likeness (QED) is 0.855. The summed E-state index contributed by atoms with van der Waals surface area (Å²) in [5.74, 6) is 0.125. The van der Waals surface area contributed by atoms with Crippen molar-refractivity contribution in [3.8, 4) is 0 Å². The van der Waals surface area contributed by atoms with Crippen LogP contribution in [-0.2, 0) is 4.74 Å². The lowest BCUT2D eigenvalue weighted by Crippen LogP contribution is -2.32. The number of hydrogen-bond donors (Lipinski definition) is 1. The van der Waals surface area contributed by atoms with Crippen LogP contribution in [0.3, 0.4) is 0 Å². The van der Waals surface area contributed by atoms with Gasteiger partial charge in [0.1, 0.15) is 5.82 Å². The van der Waals surface area contributed by atoms with E-state index < -0.39 is 0 Å². The Hall–Kier alpha value is -0.930. The van der Waals surface area contributed by atoms with Gasteiger partial charge in [-0.25, -0.2) is 4.39 Å². The largest absolute Gasteiger partial charge is 0.379 e. The average molecular weight is 225 g/mol. The maximum absolute atomic E-state index is 13.1. The van der Waals surface area contributed by atoms with Gasteiger partial charge >= 0.3 is 0 Å². The maximum Gasteiger partial charge on any atom is 0.126 e. The van der Waals surface area contributed by atoms with Crippen molar-refractivity contribution in [3.63, 3.8) is 0 Å². The normalized spacial score (nSPS) is 15.2. The molecule has 0 aliphatic carbocycles. The molecule has 0 fully saturated rings. The molecule has 0 heterocycles. The van der Waals surface area contributed by atoms with Crippen molar-refractivity contribution >= 4 is 0 Å². The Morgan fingerprint density at radius 3 is 2.38 bits per heavy atom. The van der Waals surface area contributed by atoms with Crippen molar-refractivity contribution in [2.75, 3.05) is 7.11 Å². The third-order valence-electron chi connectivity index (χ3n) is 2.85. The van der Waals surface area contributed by atoms with Crippen molar-refractivity contribution in [3.05, 3.63) is 35.1 Å². The van der Waals surface area contributed by atoms with E-state index in [0.29, 0.717) is 11.5 Å². The fourth-order valence-electron chi connectivity index (χ4n) is 1.90. The second kappa shape index (κ2) is 5.41. The predicted octanol–water partition coefficient (Wildman–Crippen LogP) is 2.80. The van der Waals surface area contributed by atoms with Gasteiger partial charge in [-0.3, -0.25) is 0 Å². The number of rotatable bonds is 4. The van der Waals surface area contributed by atoms with Crippen LogP contribution in [0.1, 0.15) is 31.0 Å². The van der Waals surface area contributed by atoms with Crippen LogP contribution in [-0.4, -0.2) is 13.2 Å². The van der Waals surface area contributed by atoms with Crippen LogP contribution in [0.4, 0.5) is 4.39 Å². The molecule has 0 aliphatic heterocycles. The van der Waals surface area contributed by atoms with Crippen LogP contribution in [0.25, 0.3) is 0 Å². The highest BCUT2D eigenvalue weighted by atomic mass is 19.1. The first-order chi connectivity index (χ1) is 7.47. The Bertz CT molecular complexity index is 352. The van der Waals surface area contributed by atoms with Gasteiger partial charge < -0.3 is 10.5 Å². The zero-order chi connectivity index (χ0) is 12.3. The molecular formula is C13H20FNO. The van der Waals surface area contributed by atoms with Crippen molar-refractivity contribution in [1.29, 1.82) is 0 Å². The molecule has 3 heteroatoms. The SMILES string of the molecule is COC(C(C)C)C(N)c1ccc(F)c(C)c1. The summed E-state index contributed by atoms with van der Waals surface area (Å²) in [4.78, 5) is 0. The summed E-state index contributed by atoms with van der Waals surface area (Å²) in [5.41, 5.74) is 7.66. The van der Waals surface area contributed by atoms with Gasteiger partial charge in [0.2, 0.25) is 0 Å². The van der Waals surface area contributed by atoms with Crippen molar-refractivity contribution in [2.45, 2.75) is 32.9 Å². The first-order valence-corrected chi connectivity index (χ1v) is 5.51. The third kappa shape index (κ3) is 2.80. The van der Waals surface area contributed by atoms with Gasteiger partial charge in [0.05, 0.1) is 12.1 Å². The van der Waals surface area contributed by atoms with Crippen molar-refractivity contribution < 1.29 is 9.13 Å². The minimum atomic E-state index is -0.218. The number of hydrogen-bond acceptors (Lipinski definition) is 2. The Labute approximate surface area is 96.6 Å². The van der Waals surface area contributed by atoms with E-state index in [1.54, 1.807) is 26.2 Å². The molecular weight excluding hydrogens is 205 g/mol. The summed E-state index contributed by atoms with van der Waals surface area (Å²) in [5, 5.41) is 0. The molecule has 0 spiro atoms. The van der Waals surface area contributed by atoms with E-state index >= 15 is 0 Å². The summed E-state index contributed by atoms with van der Waals surface area (Å²) < 4.78 is 18.5. The second-order valence-corrected chi connectivity index (χ2v) is 4.48. The predicted molar refractivity (Wildman–Crippen MR) is 63.7 cm³/mol. The van der Waals surface area contributed by atoms with Crippen LogP contribution >= 0.6 is 0 Å². The molecule has 2 nitrogen and oxygen atoms in total. The Morgan fingerprint density at radius 2 is 1.94 bits per heavy atom. The minimum absolute atomic E-state index is 0.0511. The van der Waals surface area contributed by atoms with Crippen molar-refractivity contribution in [2.24, 2.45) is 11.7 Å². The zero-order valence-corrected chi connectivity index (χ0v) is 10.3. The molecule has 0 radical (unpaired) electrons. The molecule has 0 aromatic heterocycles. The summed E-state index contributed by atoms with van der Waals surface area (Å²) in [6, 6.07) is 4.75. The molecule has 0 amide bonds. The fraction of sp³-hybridized carbons (Fsp3) is 0.538. The third-order valence-corrected chi connectivity index (χ3v) is 2.85. The van der Waals surface area contributed by atoms with Gasteiger partial charge in [-0.15, -0.1) is 0 Å². The molecule has 2 unspecified atom stereocenters. The standard InChI is InChI=1S/C13H20FNO/c1-8(2)13(16-4)12(15)10-5-6-11(14)9(3)7-10/h5-8,12-13H,15H2,1-4H3. The highest BCUT2D eigenvalue weighted by Gasteiger charge is 2.22. The van der Waals surface area contributed by atoms with Crippen LogP contribution < -0.4 is 5.73 Å². The number of methoxy groups -OCH3 is 1. The minimum Gasteiger partial charge on any atom is -0.379 e. The Balaban J connectivity index is 2.94. The lowest BCUT2D eigenvalue weighted by molar-refractivity contribution is 0.0437. The van der Waals surface area contributed by atoms with E-state index in [0.717, 1.165) is 5.56 Å². The van der Waals surface area contributed by atoms with Crippen LogP contribution in [0.15, 0.2) is 18.2 Å². The van der Waals surface area contributed by atoms with Crippen molar-refractivity contribution in [1.82, 2.24) is 0 Å². The van der Waals surface area contributed by atoms with Crippen LogP contribution in [0.5, 0.6) is 0 Å². The van der Waals surface area contributed by atoms with E-state index in [9.17, 15) is 4.39 Å².